The van der Waals surface area contributed by atoms with Crippen LogP contribution in [0.15, 0.2) is 77.2 Å². The van der Waals surface area contributed by atoms with E-state index in [1.54, 1.807) is 12.1 Å². The number of azo groups is 1. The van der Waals surface area contributed by atoms with Crippen molar-refractivity contribution >= 4 is 22.7 Å². The molecule has 0 radical (unpaired) electrons. The normalized spacial score (nSPS) is 11.9. The Morgan fingerprint density at radius 3 is 2.16 bits per heavy atom. The first-order valence-corrected chi connectivity index (χ1v) is 9.28. The van der Waals surface area contributed by atoms with Gasteiger partial charge in [0.1, 0.15) is 0 Å². The summed E-state index contributed by atoms with van der Waals surface area (Å²) in [6.45, 7) is 2.23. The third-order valence-electron chi connectivity index (χ3n) is 4.55. The molecule has 162 valence electrons. The maximum absolute atomic E-state index is 11.4. The molecule has 2 aromatic carbocycles. The maximum Gasteiger partial charge on any atom is 0.303 e. The molecule has 0 saturated heterocycles. The van der Waals surface area contributed by atoms with Crippen molar-refractivity contribution in [3.63, 3.8) is 0 Å². The van der Waals surface area contributed by atoms with Gasteiger partial charge in [-0.3, -0.25) is 30.3 Å². The van der Waals surface area contributed by atoms with E-state index >= 15 is 0 Å². The van der Waals surface area contributed by atoms with Crippen molar-refractivity contribution in [1.82, 2.24) is 0 Å². The van der Waals surface area contributed by atoms with Gasteiger partial charge in [-0.15, -0.1) is 5.11 Å². The van der Waals surface area contributed by atoms with Gasteiger partial charge in [0.2, 0.25) is 0 Å². The van der Waals surface area contributed by atoms with Gasteiger partial charge in [0.05, 0.1) is 20.8 Å². The number of benzene rings is 2. The molecule has 0 fully saturated rings. The third-order valence-corrected chi connectivity index (χ3v) is 4.55. The molecular weight excluding hydrogens is 420 g/mol. The van der Waals surface area contributed by atoms with E-state index in [0.29, 0.717) is 12.1 Å². The summed E-state index contributed by atoms with van der Waals surface area (Å²) in [7, 11) is 0. The van der Waals surface area contributed by atoms with E-state index < -0.39 is 32.2 Å². The topological polar surface area (TPSA) is 158 Å². The zero-order valence-corrected chi connectivity index (χ0v) is 16.8. The fourth-order valence-electron chi connectivity index (χ4n) is 2.98. The Labute approximate surface area is 180 Å². The summed E-state index contributed by atoms with van der Waals surface area (Å²) in [5.74, 6) is 0. The van der Waals surface area contributed by atoms with Crippen LogP contribution in [0.2, 0.25) is 0 Å². The van der Waals surface area contributed by atoms with Crippen LogP contribution in [0.1, 0.15) is 17.2 Å². The molecule has 32 heavy (non-hydrogen) atoms. The first-order valence-electron chi connectivity index (χ1n) is 9.28. The molecule has 1 atom stereocenters. The Bertz CT molecular complexity index is 1210. The highest BCUT2D eigenvalue weighted by Crippen LogP contribution is 2.33. The van der Waals surface area contributed by atoms with Gasteiger partial charge in [0.25, 0.3) is 11.4 Å². The Balaban J connectivity index is 1.99. The number of hydrogen-bond acceptors (Lipinski definition) is 8. The predicted molar refractivity (Wildman–Crippen MR) is 111 cm³/mol. The largest absolute Gasteiger partial charge is 0.303 e. The molecule has 1 heterocycles. The van der Waals surface area contributed by atoms with Crippen LogP contribution < -0.4 is 4.57 Å². The van der Waals surface area contributed by atoms with E-state index in [9.17, 15) is 30.3 Å². The average molecular weight is 437 g/mol. The van der Waals surface area contributed by atoms with Gasteiger partial charge in [0, 0.05) is 29.8 Å². The molecule has 1 unspecified atom stereocenters. The number of nitro benzene ring substituents is 3. The standard InChI is InChI=1S/C20H17N6O6/c1-14-3-2-10-23(12-14)13-19(15-4-6-16(7-5-15)24(27)28)22-21-18-9-8-17(25(29)30)11-20(18)26(31)32/h2-12,19H,13H2,1H3/q+1. The highest BCUT2D eigenvalue weighted by molar-refractivity contribution is 5.61. The molecule has 3 rings (SSSR count). The van der Waals surface area contributed by atoms with Gasteiger partial charge >= 0.3 is 5.69 Å². The summed E-state index contributed by atoms with van der Waals surface area (Å²) in [5, 5.41) is 41.5. The second-order valence-electron chi connectivity index (χ2n) is 6.85. The van der Waals surface area contributed by atoms with E-state index in [1.807, 2.05) is 36.0 Å². The fourth-order valence-corrected chi connectivity index (χ4v) is 2.98. The first-order chi connectivity index (χ1) is 15.2. The number of rotatable bonds is 8. The van der Waals surface area contributed by atoms with Crippen molar-refractivity contribution in [2.45, 2.75) is 19.5 Å². The van der Waals surface area contributed by atoms with Crippen molar-refractivity contribution in [2.24, 2.45) is 10.2 Å². The van der Waals surface area contributed by atoms with Gasteiger partial charge in [-0.25, -0.2) is 4.57 Å². The number of hydrogen-bond donors (Lipinski definition) is 0. The van der Waals surface area contributed by atoms with Gasteiger partial charge in [0.15, 0.2) is 30.7 Å². The minimum absolute atomic E-state index is 0.0846. The van der Waals surface area contributed by atoms with Crippen LogP contribution in [-0.2, 0) is 6.54 Å². The lowest BCUT2D eigenvalue weighted by molar-refractivity contribution is -0.699. The molecule has 12 nitrogen and oxygen atoms in total. The second-order valence-corrected chi connectivity index (χ2v) is 6.85. The lowest BCUT2D eigenvalue weighted by Crippen LogP contribution is -2.35. The van der Waals surface area contributed by atoms with E-state index in [1.165, 1.54) is 12.1 Å². The third kappa shape index (κ3) is 5.30. The molecule has 3 aromatic rings. The molecule has 0 N–H and O–H groups in total. The molecule has 0 bridgehead atoms. The number of aryl methyl sites for hydroxylation is 1. The molecule has 12 heteroatoms. The molecule has 0 aliphatic heterocycles. The summed E-state index contributed by atoms with van der Waals surface area (Å²) in [6, 6.07) is 12.0. The van der Waals surface area contributed by atoms with Crippen LogP contribution >= 0.6 is 0 Å². The number of non-ortho nitro benzene ring substituents is 2. The van der Waals surface area contributed by atoms with Crippen LogP contribution in [0.25, 0.3) is 0 Å². The van der Waals surface area contributed by atoms with Gasteiger partial charge in [-0.2, -0.15) is 5.11 Å². The first kappa shape index (κ1) is 22.1. The van der Waals surface area contributed by atoms with Crippen LogP contribution in [-0.4, -0.2) is 14.8 Å². The Morgan fingerprint density at radius 1 is 0.906 bits per heavy atom. The summed E-state index contributed by atoms with van der Waals surface area (Å²) < 4.78 is 1.85. The summed E-state index contributed by atoms with van der Waals surface area (Å²) in [4.78, 5) is 31.2. The second kappa shape index (κ2) is 9.47. The van der Waals surface area contributed by atoms with Crippen LogP contribution in [0, 0.1) is 37.3 Å². The Morgan fingerprint density at radius 2 is 1.56 bits per heavy atom. The van der Waals surface area contributed by atoms with Gasteiger partial charge < -0.3 is 0 Å². The minimum atomic E-state index is -0.766. The highest BCUT2D eigenvalue weighted by atomic mass is 16.6. The number of nitro groups is 3. The smallest absolute Gasteiger partial charge is 0.258 e. The van der Waals surface area contributed by atoms with E-state index in [4.69, 9.17) is 0 Å². The quantitative estimate of drug-likeness (QED) is 0.218. The van der Waals surface area contributed by atoms with Gasteiger partial charge in [-0.1, -0.05) is 0 Å². The van der Waals surface area contributed by atoms with Crippen molar-refractivity contribution in [3.05, 3.63) is 108 Å². The summed E-state index contributed by atoms with van der Waals surface area (Å²) in [6.07, 6.45) is 3.69. The molecular formula is C20H17N6O6+. The number of nitrogens with zero attached hydrogens (tertiary/aromatic N) is 6. The molecule has 0 amide bonds. The van der Waals surface area contributed by atoms with E-state index in [2.05, 4.69) is 10.2 Å². The van der Waals surface area contributed by atoms with Crippen LogP contribution in [0.5, 0.6) is 0 Å². The van der Waals surface area contributed by atoms with E-state index in [0.717, 1.165) is 23.8 Å². The zero-order valence-electron chi connectivity index (χ0n) is 16.8. The lowest BCUT2D eigenvalue weighted by Gasteiger charge is -2.09. The molecule has 0 saturated carbocycles. The van der Waals surface area contributed by atoms with Crippen molar-refractivity contribution in [2.75, 3.05) is 0 Å². The summed E-state index contributed by atoms with van der Waals surface area (Å²) >= 11 is 0. The van der Waals surface area contributed by atoms with Crippen molar-refractivity contribution in [1.29, 1.82) is 0 Å². The number of aromatic nitrogens is 1. The number of pyridine rings is 1. The molecule has 0 aliphatic carbocycles. The molecule has 0 aliphatic rings. The monoisotopic (exact) mass is 437 g/mol. The Kier molecular flexibility index (Phi) is 6.53. The minimum Gasteiger partial charge on any atom is -0.258 e. The average Bonchev–Trinajstić information content (AvgIpc) is 2.76. The summed E-state index contributed by atoms with van der Waals surface area (Å²) in [5.41, 5.74) is 0.405. The van der Waals surface area contributed by atoms with Crippen LogP contribution in [0.3, 0.4) is 0 Å². The molecule has 1 aromatic heterocycles. The van der Waals surface area contributed by atoms with Crippen LogP contribution in [0.4, 0.5) is 22.7 Å². The van der Waals surface area contributed by atoms with E-state index in [-0.39, 0.29) is 11.4 Å². The fraction of sp³-hybridized carbons (Fsp3) is 0.150. The van der Waals surface area contributed by atoms with Gasteiger partial charge in [-0.05, 0) is 36.8 Å². The zero-order chi connectivity index (χ0) is 23.3. The lowest BCUT2D eigenvalue weighted by atomic mass is 10.1. The highest BCUT2D eigenvalue weighted by Gasteiger charge is 2.22. The predicted octanol–water partition coefficient (Wildman–Crippen LogP) is 4.53. The SMILES string of the molecule is Cc1ccc[n+](CC(N=Nc2ccc([N+](=O)[O-])cc2[N+](=O)[O-])c2ccc([N+](=O)[O-])cc2)c1. The Hall–Kier alpha value is -4.61. The molecule has 0 spiro atoms. The van der Waals surface area contributed by atoms with Crippen molar-refractivity contribution in [3.8, 4) is 0 Å². The van der Waals surface area contributed by atoms with Crippen molar-refractivity contribution < 1.29 is 19.3 Å². The maximum atomic E-state index is 11.4.